The lowest BCUT2D eigenvalue weighted by atomic mass is 10.1. The molecular weight excluding hydrogens is 306 g/mol. The van der Waals surface area contributed by atoms with Crippen molar-refractivity contribution >= 4 is 10.0 Å². The molecule has 0 aliphatic heterocycles. The van der Waals surface area contributed by atoms with Crippen molar-refractivity contribution < 1.29 is 22.6 Å². The zero-order valence-corrected chi connectivity index (χ0v) is 14.7. The van der Waals surface area contributed by atoms with Gasteiger partial charge in [0.25, 0.3) is 0 Å². The van der Waals surface area contributed by atoms with Crippen LogP contribution in [0.5, 0.6) is 17.2 Å². The predicted molar refractivity (Wildman–Crippen MR) is 86.5 cm³/mol. The molecule has 1 rings (SSSR count). The molecule has 6 nitrogen and oxygen atoms in total. The molecule has 0 aliphatic rings. The molecule has 1 aromatic carbocycles. The fraction of sp³-hybridized carbons (Fsp3) is 0.600. The Balaban J connectivity index is 2.91. The lowest BCUT2D eigenvalue weighted by Crippen LogP contribution is -2.30. The molecule has 0 heterocycles. The van der Waals surface area contributed by atoms with Crippen LogP contribution in [-0.4, -0.2) is 53.4 Å². The number of likely N-dealkylation sites (N-methyl/N-ethyl adjacent to an activating group) is 1. The zero-order valence-electron chi connectivity index (χ0n) is 13.9. The lowest BCUT2D eigenvalue weighted by Gasteiger charge is -2.18. The minimum Gasteiger partial charge on any atom is -0.493 e. The van der Waals surface area contributed by atoms with E-state index in [9.17, 15) is 8.42 Å². The van der Waals surface area contributed by atoms with Gasteiger partial charge in [0.2, 0.25) is 15.8 Å². The summed E-state index contributed by atoms with van der Waals surface area (Å²) in [5.74, 6) is 1.83. The van der Waals surface area contributed by atoms with Crippen molar-refractivity contribution in [2.45, 2.75) is 19.8 Å². The molecule has 0 amide bonds. The summed E-state index contributed by atoms with van der Waals surface area (Å²) in [5, 5.41) is 0. The number of sulfonamides is 1. The number of nitrogens with zero attached hydrogens (tertiary/aromatic N) is 1. The molecule has 0 bridgehead atoms. The van der Waals surface area contributed by atoms with Crippen LogP contribution < -0.4 is 14.2 Å². The molecule has 7 heteroatoms. The second-order valence-corrected chi connectivity index (χ2v) is 7.12. The highest BCUT2D eigenvalue weighted by Gasteiger charge is 2.18. The van der Waals surface area contributed by atoms with Crippen LogP contribution in [0.25, 0.3) is 0 Å². The molecule has 0 N–H and O–H groups in total. The Bertz CT molecular complexity index is 561. The van der Waals surface area contributed by atoms with Crippen LogP contribution in [0.1, 0.15) is 18.9 Å². The molecule has 0 radical (unpaired) electrons. The highest BCUT2D eigenvalue weighted by molar-refractivity contribution is 7.89. The van der Waals surface area contributed by atoms with Gasteiger partial charge in [-0.1, -0.05) is 6.92 Å². The Labute approximate surface area is 133 Å². The monoisotopic (exact) mass is 331 g/mol. The van der Waals surface area contributed by atoms with Crippen LogP contribution >= 0.6 is 0 Å². The van der Waals surface area contributed by atoms with E-state index in [-0.39, 0.29) is 5.75 Å². The molecule has 0 saturated heterocycles. The number of hydrogen-bond acceptors (Lipinski definition) is 5. The van der Waals surface area contributed by atoms with E-state index in [0.717, 1.165) is 5.56 Å². The normalized spacial score (nSPS) is 11.5. The summed E-state index contributed by atoms with van der Waals surface area (Å²) in [5.41, 5.74) is 0.924. The highest BCUT2D eigenvalue weighted by Crippen LogP contribution is 2.38. The Morgan fingerprint density at radius 1 is 1.05 bits per heavy atom. The van der Waals surface area contributed by atoms with Crippen LogP contribution in [0.15, 0.2) is 12.1 Å². The van der Waals surface area contributed by atoms with Crippen LogP contribution in [0.3, 0.4) is 0 Å². The minimum absolute atomic E-state index is 0.165. The van der Waals surface area contributed by atoms with Crippen LogP contribution in [-0.2, 0) is 16.4 Å². The van der Waals surface area contributed by atoms with Gasteiger partial charge in [-0.25, -0.2) is 12.7 Å². The summed E-state index contributed by atoms with van der Waals surface area (Å²) in [6.45, 7) is 2.26. The van der Waals surface area contributed by atoms with Crippen molar-refractivity contribution in [3.8, 4) is 17.2 Å². The van der Waals surface area contributed by atoms with Gasteiger partial charge in [-0.05, 0) is 30.5 Å². The van der Waals surface area contributed by atoms with Crippen molar-refractivity contribution in [2.75, 3.05) is 40.7 Å². The highest BCUT2D eigenvalue weighted by atomic mass is 32.2. The SMILES string of the molecule is CCCS(=O)(=O)N(C)CCc1cc(OC)c(OC)c(OC)c1. The smallest absolute Gasteiger partial charge is 0.213 e. The third kappa shape index (κ3) is 4.51. The average molecular weight is 331 g/mol. The van der Waals surface area contributed by atoms with Crippen molar-refractivity contribution in [3.63, 3.8) is 0 Å². The number of benzene rings is 1. The molecule has 0 aliphatic carbocycles. The van der Waals surface area contributed by atoms with Gasteiger partial charge in [-0.3, -0.25) is 0 Å². The van der Waals surface area contributed by atoms with Crippen molar-refractivity contribution in [3.05, 3.63) is 17.7 Å². The lowest BCUT2D eigenvalue weighted by molar-refractivity contribution is 0.323. The average Bonchev–Trinajstić information content (AvgIpc) is 2.51. The molecule has 22 heavy (non-hydrogen) atoms. The molecule has 126 valence electrons. The molecular formula is C15H25NO5S. The first-order chi connectivity index (χ1) is 10.4. The van der Waals surface area contributed by atoms with Crippen molar-refractivity contribution in [1.82, 2.24) is 4.31 Å². The van der Waals surface area contributed by atoms with Gasteiger partial charge < -0.3 is 14.2 Å². The number of rotatable bonds is 9. The van der Waals surface area contributed by atoms with Gasteiger partial charge in [0, 0.05) is 13.6 Å². The van der Waals surface area contributed by atoms with Gasteiger partial charge in [0.05, 0.1) is 27.1 Å². The first-order valence-corrected chi connectivity index (χ1v) is 8.73. The van der Waals surface area contributed by atoms with Crippen LogP contribution in [0, 0.1) is 0 Å². The van der Waals surface area contributed by atoms with E-state index in [1.54, 1.807) is 28.4 Å². The Kier molecular flexibility index (Phi) is 6.96. The van der Waals surface area contributed by atoms with Gasteiger partial charge >= 0.3 is 0 Å². The van der Waals surface area contributed by atoms with Crippen LogP contribution in [0.4, 0.5) is 0 Å². The molecule has 0 fully saturated rings. The van der Waals surface area contributed by atoms with Gasteiger partial charge in [0.15, 0.2) is 11.5 Å². The maximum Gasteiger partial charge on any atom is 0.213 e. The van der Waals surface area contributed by atoms with Crippen molar-refractivity contribution in [2.24, 2.45) is 0 Å². The fourth-order valence-electron chi connectivity index (χ4n) is 2.12. The fourth-order valence-corrected chi connectivity index (χ4v) is 3.32. The van der Waals surface area contributed by atoms with Crippen molar-refractivity contribution in [1.29, 1.82) is 0 Å². The standard InChI is InChI=1S/C15H25NO5S/c1-6-9-22(17,18)16(2)8-7-12-10-13(19-3)15(21-5)14(11-12)20-4/h10-11H,6-9H2,1-5H3. The van der Waals surface area contributed by atoms with E-state index in [1.165, 1.54) is 4.31 Å². The number of methoxy groups -OCH3 is 3. The third-order valence-electron chi connectivity index (χ3n) is 3.38. The summed E-state index contributed by atoms with van der Waals surface area (Å²) in [6.07, 6.45) is 1.17. The Morgan fingerprint density at radius 3 is 2.00 bits per heavy atom. The molecule has 0 saturated carbocycles. The predicted octanol–water partition coefficient (Wildman–Crippen LogP) is 1.93. The molecule has 0 unspecified atom stereocenters. The Hall–Kier alpha value is -1.47. The first kappa shape index (κ1) is 18.6. The van der Waals surface area contributed by atoms with E-state index in [2.05, 4.69) is 0 Å². The number of hydrogen-bond donors (Lipinski definition) is 0. The van der Waals surface area contributed by atoms with Crippen LogP contribution in [0.2, 0.25) is 0 Å². The summed E-state index contributed by atoms with van der Waals surface area (Å²) < 4.78 is 41.2. The van der Waals surface area contributed by atoms with E-state index in [0.29, 0.717) is 36.6 Å². The van der Waals surface area contributed by atoms with E-state index in [1.807, 2.05) is 19.1 Å². The van der Waals surface area contributed by atoms with E-state index >= 15 is 0 Å². The van der Waals surface area contributed by atoms with Gasteiger partial charge in [0.1, 0.15) is 0 Å². The summed E-state index contributed by atoms with van der Waals surface area (Å²) in [7, 11) is 3.08. The summed E-state index contributed by atoms with van der Waals surface area (Å²) >= 11 is 0. The summed E-state index contributed by atoms with van der Waals surface area (Å²) in [6, 6.07) is 3.67. The second-order valence-electron chi connectivity index (χ2n) is 4.92. The van der Waals surface area contributed by atoms with E-state index in [4.69, 9.17) is 14.2 Å². The van der Waals surface area contributed by atoms with Gasteiger partial charge in [-0.2, -0.15) is 0 Å². The van der Waals surface area contributed by atoms with Gasteiger partial charge in [-0.15, -0.1) is 0 Å². The largest absolute Gasteiger partial charge is 0.493 e. The maximum atomic E-state index is 12.0. The number of ether oxygens (including phenoxy) is 3. The molecule has 0 spiro atoms. The first-order valence-electron chi connectivity index (χ1n) is 7.12. The Morgan fingerprint density at radius 2 is 1.59 bits per heavy atom. The molecule has 0 atom stereocenters. The topological polar surface area (TPSA) is 65.1 Å². The second kappa shape index (κ2) is 8.24. The summed E-state index contributed by atoms with van der Waals surface area (Å²) in [4.78, 5) is 0. The molecule has 1 aromatic rings. The quantitative estimate of drug-likeness (QED) is 0.692. The minimum atomic E-state index is -3.18. The third-order valence-corrected chi connectivity index (χ3v) is 5.43. The van der Waals surface area contributed by atoms with E-state index < -0.39 is 10.0 Å². The maximum absolute atomic E-state index is 12.0. The zero-order chi connectivity index (χ0) is 16.8. The molecule has 0 aromatic heterocycles.